The Morgan fingerprint density at radius 2 is 1.92 bits per heavy atom. The van der Waals surface area contributed by atoms with Crippen molar-refractivity contribution in [3.8, 4) is 6.07 Å². The average Bonchev–Trinajstić information content (AvgIpc) is 2.62. The van der Waals surface area contributed by atoms with Gasteiger partial charge in [-0.1, -0.05) is 35.9 Å². The minimum atomic E-state index is -0.697. The molecule has 0 bridgehead atoms. The maximum atomic E-state index is 12.7. The van der Waals surface area contributed by atoms with Gasteiger partial charge < -0.3 is 10.1 Å². The predicted molar refractivity (Wildman–Crippen MR) is 95.0 cm³/mol. The predicted octanol–water partition coefficient (Wildman–Crippen LogP) is 3.61. The molecule has 0 aliphatic rings. The first kappa shape index (κ1) is 18.0. The van der Waals surface area contributed by atoms with Crippen LogP contribution in [0.25, 0.3) is 0 Å². The quantitative estimate of drug-likeness (QED) is 0.287. The number of nitrogens with one attached hydrogen (secondary N) is 1. The Morgan fingerprint density at radius 1 is 1.20 bits per heavy atom. The molecule has 0 unspecified atom stereocenters. The number of aryl methyl sites for hydroxylation is 1. The molecule has 0 atom stereocenters. The standard InChI is InChI=1S/C20H18N2O3/c1-3-25-20(24)18(19(23)16-9-7-14(2)8-10-16)13-22-17-6-4-5-15(11-17)12-21/h4-11,13,22H,3H2,1-2H3. The summed E-state index contributed by atoms with van der Waals surface area (Å²) in [5, 5.41) is 11.8. The number of esters is 1. The van der Waals surface area contributed by atoms with Crippen LogP contribution in [0.15, 0.2) is 60.3 Å². The van der Waals surface area contributed by atoms with Crippen LogP contribution in [-0.2, 0) is 9.53 Å². The Kier molecular flexibility index (Phi) is 6.08. The highest BCUT2D eigenvalue weighted by atomic mass is 16.5. The van der Waals surface area contributed by atoms with Crippen LogP contribution in [-0.4, -0.2) is 18.4 Å². The summed E-state index contributed by atoms with van der Waals surface area (Å²) in [6, 6.07) is 15.7. The van der Waals surface area contributed by atoms with Crippen molar-refractivity contribution in [2.45, 2.75) is 13.8 Å². The summed E-state index contributed by atoms with van der Waals surface area (Å²) in [6.45, 7) is 3.76. The van der Waals surface area contributed by atoms with Crippen molar-refractivity contribution in [2.75, 3.05) is 11.9 Å². The van der Waals surface area contributed by atoms with Gasteiger partial charge in [0, 0.05) is 17.5 Å². The lowest BCUT2D eigenvalue weighted by molar-refractivity contribution is -0.138. The van der Waals surface area contributed by atoms with Crippen LogP contribution < -0.4 is 5.32 Å². The van der Waals surface area contributed by atoms with Gasteiger partial charge in [-0.25, -0.2) is 4.79 Å². The molecular formula is C20H18N2O3. The van der Waals surface area contributed by atoms with Crippen molar-refractivity contribution in [1.29, 1.82) is 5.26 Å². The minimum absolute atomic E-state index is 0.104. The summed E-state index contributed by atoms with van der Waals surface area (Å²) in [6.07, 6.45) is 1.32. The number of hydrogen-bond acceptors (Lipinski definition) is 5. The van der Waals surface area contributed by atoms with Crippen LogP contribution in [0.5, 0.6) is 0 Å². The highest BCUT2D eigenvalue weighted by Crippen LogP contribution is 2.14. The summed E-state index contributed by atoms with van der Waals surface area (Å²) in [7, 11) is 0. The summed E-state index contributed by atoms with van der Waals surface area (Å²) < 4.78 is 4.98. The molecule has 0 aliphatic heterocycles. The first-order valence-electron chi connectivity index (χ1n) is 7.80. The van der Waals surface area contributed by atoms with Gasteiger partial charge in [0.15, 0.2) is 0 Å². The van der Waals surface area contributed by atoms with Crippen molar-refractivity contribution in [1.82, 2.24) is 0 Å². The van der Waals surface area contributed by atoms with Gasteiger partial charge >= 0.3 is 5.97 Å². The van der Waals surface area contributed by atoms with Crippen LogP contribution in [0.1, 0.15) is 28.4 Å². The van der Waals surface area contributed by atoms with E-state index in [2.05, 4.69) is 5.32 Å². The van der Waals surface area contributed by atoms with E-state index in [-0.39, 0.29) is 12.2 Å². The van der Waals surface area contributed by atoms with E-state index in [9.17, 15) is 9.59 Å². The molecule has 126 valence electrons. The number of benzene rings is 2. The molecule has 0 aromatic heterocycles. The Labute approximate surface area is 146 Å². The van der Waals surface area contributed by atoms with Gasteiger partial charge in [0.25, 0.3) is 0 Å². The zero-order valence-corrected chi connectivity index (χ0v) is 14.1. The zero-order chi connectivity index (χ0) is 18.2. The lowest BCUT2D eigenvalue weighted by Gasteiger charge is -2.08. The average molecular weight is 334 g/mol. The molecule has 0 amide bonds. The molecule has 0 saturated carbocycles. The molecular weight excluding hydrogens is 316 g/mol. The molecule has 5 heteroatoms. The maximum absolute atomic E-state index is 12.7. The monoisotopic (exact) mass is 334 g/mol. The number of nitriles is 1. The van der Waals surface area contributed by atoms with Crippen LogP contribution in [0, 0.1) is 18.3 Å². The van der Waals surface area contributed by atoms with E-state index in [1.807, 2.05) is 13.0 Å². The van der Waals surface area contributed by atoms with E-state index < -0.39 is 11.8 Å². The highest BCUT2D eigenvalue weighted by Gasteiger charge is 2.21. The van der Waals surface area contributed by atoms with Crippen molar-refractivity contribution in [2.24, 2.45) is 0 Å². The van der Waals surface area contributed by atoms with Gasteiger partial charge in [0.2, 0.25) is 5.78 Å². The second-order valence-electron chi connectivity index (χ2n) is 5.31. The summed E-state index contributed by atoms with van der Waals surface area (Å²) in [4.78, 5) is 24.8. The molecule has 2 aromatic rings. The summed E-state index contributed by atoms with van der Waals surface area (Å²) in [5.41, 5.74) is 2.38. The van der Waals surface area contributed by atoms with Crippen molar-refractivity contribution >= 4 is 17.4 Å². The number of ether oxygens (including phenoxy) is 1. The second kappa shape index (κ2) is 8.46. The number of anilines is 1. The number of ketones is 1. The van der Waals surface area contributed by atoms with E-state index in [4.69, 9.17) is 10.00 Å². The van der Waals surface area contributed by atoms with Gasteiger partial charge in [0.1, 0.15) is 5.57 Å². The van der Waals surface area contributed by atoms with Crippen molar-refractivity contribution in [3.05, 3.63) is 77.0 Å². The normalized spacial score (nSPS) is 10.7. The van der Waals surface area contributed by atoms with E-state index in [0.717, 1.165) is 5.56 Å². The SMILES string of the molecule is CCOC(=O)C(=CNc1cccc(C#N)c1)C(=O)c1ccc(C)cc1. The fourth-order valence-electron chi connectivity index (χ4n) is 2.12. The highest BCUT2D eigenvalue weighted by molar-refractivity contribution is 6.24. The van der Waals surface area contributed by atoms with E-state index >= 15 is 0 Å². The first-order valence-corrected chi connectivity index (χ1v) is 7.80. The molecule has 25 heavy (non-hydrogen) atoms. The Balaban J connectivity index is 2.31. The Morgan fingerprint density at radius 3 is 2.56 bits per heavy atom. The molecule has 0 aliphatic carbocycles. The molecule has 2 rings (SSSR count). The molecule has 1 N–H and O–H groups in total. The lowest BCUT2D eigenvalue weighted by Crippen LogP contribution is -2.17. The minimum Gasteiger partial charge on any atom is -0.462 e. The number of rotatable bonds is 6. The third-order valence-corrected chi connectivity index (χ3v) is 3.43. The summed E-state index contributed by atoms with van der Waals surface area (Å²) in [5.74, 6) is -1.13. The van der Waals surface area contributed by atoms with E-state index in [1.54, 1.807) is 55.5 Å². The number of hydrogen-bond donors (Lipinski definition) is 1. The molecule has 5 nitrogen and oxygen atoms in total. The smallest absolute Gasteiger partial charge is 0.343 e. The molecule has 0 radical (unpaired) electrons. The fourth-order valence-corrected chi connectivity index (χ4v) is 2.12. The Hall–Kier alpha value is -3.39. The Bertz CT molecular complexity index is 846. The summed E-state index contributed by atoms with van der Waals surface area (Å²) >= 11 is 0. The van der Waals surface area contributed by atoms with Crippen LogP contribution in [0.4, 0.5) is 5.69 Å². The van der Waals surface area contributed by atoms with Gasteiger partial charge in [0.05, 0.1) is 18.2 Å². The molecule has 0 heterocycles. The van der Waals surface area contributed by atoms with Crippen LogP contribution in [0.2, 0.25) is 0 Å². The van der Waals surface area contributed by atoms with Gasteiger partial charge in [-0.05, 0) is 32.0 Å². The van der Waals surface area contributed by atoms with Crippen LogP contribution >= 0.6 is 0 Å². The number of nitrogens with zero attached hydrogens (tertiary/aromatic N) is 1. The van der Waals surface area contributed by atoms with E-state index in [0.29, 0.717) is 16.8 Å². The molecule has 2 aromatic carbocycles. The van der Waals surface area contributed by atoms with Crippen molar-refractivity contribution in [3.63, 3.8) is 0 Å². The van der Waals surface area contributed by atoms with Gasteiger partial charge in [-0.2, -0.15) is 5.26 Å². The molecule has 0 saturated heterocycles. The largest absolute Gasteiger partial charge is 0.462 e. The van der Waals surface area contributed by atoms with Gasteiger partial charge in [-0.15, -0.1) is 0 Å². The topological polar surface area (TPSA) is 79.2 Å². The van der Waals surface area contributed by atoms with Crippen LogP contribution in [0.3, 0.4) is 0 Å². The molecule has 0 spiro atoms. The zero-order valence-electron chi connectivity index (χ0n) is 14.1. The molecule has 0 fully saturated rings. The first-order chi connectivity index (χ1) is 12.0. The number of carbonyl (C=O) groups excluding carboxylic acids is 2. The number of carbonyl (C=O) groups is 2. The van der Waals surface area contributed by atoms with Gasteiger partial charge in [-0.3, -0.25) is 4.79 Å². The third kappa shape index (κ3) is 4.79. The number of Topliss-reactive ketones (excluding diaryl/α,β-unsaturated/α-hetero) is 1. The second-order valence-corrected chi connectivity index (χ2v) is 5.31. The lowest BCUT2D eigenvalue weighted by atomic mass is 10.0. The van der Waals surface area contributed by atoms with Crippen molar-refractivity contribution < 1.29 is 14.3 Å². The fraction of sp³-hybridized carbons (Fsp3) is 0.150. The maximum Gasteiger partial charge on any atom is 0.343 e. The van der Waals surface area contributed by atoms with E-state index in [1.165, 1.54) is 6.20 Å². The third-order valence-electron chi connectivity index (χ3n) is 3.43.